The Morgan fingerprint density at radius 3 is 2.84 bits per heavy atom. The van der Waals surface area contributed by atoms with E-state index >= 15 is 0 Å². The van der Waals surface area contributed by atoms with Crippen LogP contribution in [0, 0.1) is 5.82 Å². The minimum Gasteiger partial charge on any atom is -0.300 e. The van der Waals surface area contributed by atoms with Crippen LogP contribution in [0.25, 0.3) is 0 Å². The van der Waals surface area contributed by atoms with Gasteiger partial charge in [0.1, 0.15) is 11.6 Å². The molecular weight excluding hydrogens is 311 g/mol. The van der Waals surface area contributed by atoms with Gasteiger partial charge in [-0.25, -0.2) is 9.37 Å². The average Bonchev–Trinajstić information content (AvgIpc) is 2.38. The fourth-order valence-electron chi connectivity index (χ4n) is 1.64. The molecule has 5 heteroatoms. The number of aromatic nitrogens is 1. The summed E-state index contributed by atoms with van der Waals surface area (Å²) in [7, 11) is 1.65. The molecule has 0 aliphatic heterocycles. The lowest BCUT2D eigenvalue weighted by molar-refractivity contribution is -0.117. The van der Waals surface area contributed by atoms with E-state index in [1.165, 1.54) is 17.0 Å². The van der Waals surface area contributed by atoms with Gasteiger partial charge >= 0.3 is 0 Å². The number of benzene rings is 1. The molecule has 0 radical (unpaired) electrons. The lowest BCUT2D eigenvalue weighted by Crippen LogP contribution is -2.28. The summed E-state index contributed by atoms with van der Waals surface area (Å²) >= 11 is 3.33. The molecule has 0 N–H and O–H groups in total. The number of hydrogen-bond acceptors (Lipinski definition) is 2. The van der Waals surface area contributed by atoms with Crippen LogP contribution >= 0.6 is 15.9 Å². The Kier molecular flexibility index (Phi) is 4.27. The Labute approximate surface area is 119 Å². The van der Waals surface area contributed by atoms with Crippen molar-refractivity contribution < 1.29 is 9.18 Å². The van der Waals surface area contributed by atoms with Crippen LogP contribution in [0.4, 0.5) is 10.2 Å². The van der Waals surface area contributed by atoms with Crippen LogP contribution in [0.2, 0.25) is 0 Å². The van der Waals surface area contributed by atoms with Crippen LogP contribution in [0.1, 0.15) is 5.56 Å². The molecule has 1 aromatic carbocycles. The number of pyridine rings is 1. The summed E-state index contributed by atoms with van der Waals surface area (Å²) in [5, 5.41) is 0. The molecule has 0 unspecified atom stereocenters. The summed E-state index contributed by atoms with van der Waals surface area (Å²) in [4.78, 5) is 17.7. The number of halogens is 2. The van der Waals surface area contributed by atoms with Crippen molar-refractivity contribution in [1.29, 1.82) is 0 Å². The smallest absolute Gasteiger partial charge is 0.232 e. The van der Waals surface area contributed by atoms with Crippen molar-refractivity contribution in [3.05, 3.63) is 58.4 Å². The lowest BCUT2D eigenvalue weighted by Gasteiger charge is -2.16. The zero-order chi connectivity index (χ0) is 13.8. The van der Waals surface area contributed by atoms with E-state index in [-0.39, 0.29) is 18.1 Å². The molecule has 2 aromatic rings. The second-order valence-electron chi connectivity index (χ2n) is 4.09. The highest BCUT2D eigenvalue weighted by molar-refractivity contribution is 9.10. The van der Waals surface area contributed by atoms with E-state index in [9.17, 15) is 9.18 Å². The van der Waals surface area contributed by atoms with Crippen molar-refractivity contribution in [1.82, 2.24) is 4.98 Å². The maximum Gasteiger partial charge on any atom is 0.232 e. The van der Waals surface area contributed by atoms with Gasteiger partial charge in [-0.3, -0.25) is 9.69 Å². The first kappa shape index (κ1) is 13.7. The van der Waals surface area contributed by atoms with Gasteiger partial charge in [-0.05, 0) is 29.8 Å². The van der Waals surface area contributed by atoms with Gasteiger partial charge in [0.2, 0.25) is 5.91 Å². The van der Waals surface area contributed by atoms with Crippen LogP contribution in [-0.2, 0) is 11.2 Å². The first-order valence-electron chi connectivity index (χ1n) is 5.69. The molecule has 0 aliphatic rings. The molecule has 0 atom stereocenters. The Hall–Kier alpha value is -1.75. The third-order valence-electron chi connectivity index (χ3n) is 2.67. The standard InChI is InChI=1S/C14H12BrFN2O/c1-18(13-9-11(15)5-6-17-13)14(19)8-10-3-2-4-12(16)7-10/h2-7,9H,8H2,1H3. The minimum absolute atomic E-state index is 0.141. The van der Waals surface area contributed by atoms with Crippen molar-refractivity contribution in [3.63, 3.8) is 0 Å². The molecule has 0 saturated heterocycles. The molecule has 1 heterocycles. The number of nitrogens with zero attached hydrogens (tertiary/aromatic N) is 2. The highest BCUT2D eigenvalue weighted by Gasteiger charge is 2.13. The zero-order valence-electron chi connectivity index (χ0n) is 10.3. The Morgan fingerprint density at radius 2 is 2.16 bits per heavy atom. The lowest BCUT2D eigenvalue weighted by atomic mass is 10.1. The van der Waals surface area contributed by atoms with Crippen molar-refractivity contribution >= 4 is 27.7 Å². The number of likely N-dealkylation sites (N-methyl/N-ethyl adjacent to an activating group) is 1. The highest BCUT2D eigenvalue weighted by atomic mass is 79.9. The molecule has 1 amide bonds. The van der Waals surface area contributed by atoms with E-state index in [1.54, 1.807) is 37.5 Å². The summed E-state index contributed by atoms with van der Waals surface area (Å²) in [5.74, 6) is 0.0699. The summed E-state index contributed by atoms with van der Waals surface area (Å²) in [5.41, 5.74) is 0.645. The normalized spacial score (nSPS) is 10.3. The number of anilines is 1. The minimum atomic E-state index is -0.339. The van der Waals surface area contributed by atoms with E-state index in [0.29, 0.717) is 11.4 Å². The molecule has 3 nitrogen and oxygen atoms in total. The Morgan fingerprint density at radius 1 is 1.37 bits per heavy atom. The third kappa shape index (κ3) is 3.61. The van der Waals surface area contributed by atoms with Gasteiger partial charge in [0.25, 0.3) is 0 Å². The number of carbonyl (C=O) groups is 1. The predicted octanol–water partition coefficient (Wildman–Crippen LogP) is 3.19. The molecule has 19 heavy (non-hydrogen) atoms. The third-order valence-corrected chi connectivity index (χ3v) is 3.16. The Balaban J connectivity index is 2.12. The van der Waals surface area contributed by atoms with Crippen LogP contribution in [0.5, 0.6) is 0 Å². The van der Waals surface area contributed by atoms with Crippen molar-refractivity contribution in [2.45, 2.75) is 6.42 Å². The zero-order valence-corrected chi connectivity index (χ0v) is 11.9. The second kappa shape index (κ2) is 5.93. The summed E-state index contributed by atoms with van der Waals surface area (Å²) < 4.78 is 13.9. The quantitative estimate of drug-likeness (QED) is 0.869. The van der Waals surface area contributed by atoms with E-state index < -0.39 is 0 Å². The molecule has 0 spiro atoms. The van der Waals surface area contributed by atoms with Crippen LogP contribution in [0.3, 0.4) is 0 Å². The molecule has 0 bridgehead atoms. The maximum absolute atomic E-state index is 13.1. The van der Waals surface area contributed by atoms with E-state index in [4.69, 9.17) is 0 Å². The fraction of sp³-hybridized carbons (Fsp3) is 0.143. The maximum atomic E-state index is 13.1. The number of carbonyl (C=O) groups excluding carboxylic acids is 1. The second-order valence-corrected chi connectivity index (χ2v) is 5.01. The van der Waals surface area contributed by atoms with Gasteiger partial charge in [-0.1, -0.05) is 28.1 Å². The van der Waals surface area contributed by atoms with Crippen LogP contribution < -0.4 is 4.90 Å². The average molecular weight is 323 g/mol. The van der Waals surface area contributed by atoms with Gasteiger partial charge < -0.3 is 0 Å². The summed E-state index contributed by atoms with van der Waals surface area (Å²) in [6.45, 7) is 0. The molecular formula is C14H12BrFN2O. The van der Waals surface area contributed by atoms with Crippen LogP contribution in [-0.4, -0.2) is 17.9 Å². The highest BCUT2D eigenvalue weighted by Crippen LogP contribution is 2.16. The van der Waals surface area contributed by atoms with E-state index in [1.807, 2.05) is 0 Å². The van der Waals surface area contributed by atoms with E-state index in [2.05, 4.69) is 20.9 Å². The molecule has 0 saturated carbocycles. The predicted molar refractivity (Wildman–Crippen MR) is 75.5 cm³/mol. The molecule has 98 valence electrons. The van der Waals surface area contributed by atoms with Gasteiger partial charge in [0, 0.05) is 17.7 Å². The summed E-state index contributed by atoms with van der Waals surface area (Å²) in [6.07, 6.45) is 1.76. The topological polar surface area (TPSA) is 33.2 Å². The fourth-order valence-corrected chi connectivity index (χ4v) is 1.97. The monoisotopic (exact) mass is 322 g/mol. The van der Waals surface area contributed by atoms with Gasteiger partial charge in [-0.15, -0.1) is 0 Å². The number of amides is 1. The Bertz CT molecular complexity index is 604. The molecule has 2 rings (SSSR count). The summed E-state index contributed by atoms with van der Waals surface area (Å²) in [6, 6.07) is 9.57. The van der Waals surface area contributed by atoms with Gasteiger partial charge in [0.05, 0.1) is 6.42 Å². The van der Waals surface area contributed by atoms with Crippen molar-refractivity contribution in [3.8, 4) is 0 Å². The number of hydrogen-bond donors (Lipinski definition) is 0. The number of rotatable bonds is 3. The van der Waals surface area contributed by atoms with Gasteiger partial charge in [-0.2, -0.15) is 0 Å². The molecule has 0 fully saturated rings. The van der Waals surface area contributed by atoms with Crippen molar-refractivity contribution in [2.24, 2.45) is 0 Å². The molecule has 0 aliphatic carbocycles. The van der Waals surface area contributed by atoms with E-state index in [0.717, 1.165) is 4.47 Å². The van der Waals surface area contributed by atoms with Crippen LogP contribution in [0.15, 0.2) is 47.1 Å². The van der Waals surface area contributed by atoms with Gasteiger partial charge in [0.15, 0.2) is 0 Å². The SMILES string of the molecule is CN(C(=O)Cc1cccc(F)c1)c1cc(Br)ccn1. The largest absolute Gasteiger partial charge is 0.300 e. The first-order chi connectivity index (χ1) is 9.06. The van der Waals surface area contributed by atoms with Crippen molar-refractivity contribution in [2.75, 3.05) is 11.9 Å². The molecule has 1 aromatic heterocycles. The first-order valence-corrected chi connectivity index (χ1v) is 6.48.